The van der Waals surface area contributed by atoms with Gasteiger partial charge in [-0.25, -0.2) is 17.6 Å². The van der Waals surface area contributed by atoms with Gasteiger partial charge in [0.15, 0.2) is 0 Å². The number of aryl methyl sites for hydroxylation is 1. The molecule has 0 aromatic carbocycles. The molecule has 0 atom stereocenters. The Hall–Kier alpha value is -0.960. The summed E-state index contributed by atoms with van der Waals surface area (Å²) in [6, 6.07) is 0. The molecular weight excluding hydrogens is 212 g/mol. The topological polar surface area (TPSA) is 106 Å². The highest BCUT2D eigenvalue weighted by atomic mass is 32.3. The van der Waals surface area contributed by atoms with Gasteiger partial charge in [-0.2, -0.15) is 0 Å². The Bertz CT molecular complexity index is 350. The second kappa shape index (κ2) is 5.70. The van der Waals surface area contributed by atoms with Gasteiger partial charge in [-0.05, 0) is 0 Å². The molecule has 82 valence electrons. The van der Waals surface area contributed by atoms with E-state index in [0.717, 1.165) is 0 Å². The van der Waals surface area contributed by atoms with Crippen molar-refractivity contribution < 1.29 is 27.2 Å². The Morgan fingerprint density at radius 2 is 2.07 bits per heavy atom. The summed E-state index contributed by atoms with van der Waals surface area (Å²) in [5.74, 6) is 0. The quantitative estimate of drug-likeness (QED) is 0.354. The maximum absolute atomic E-state index is 8.63. The lowest BCUT2D eigenvalue weighted by Gasteiger charge is -1.88. The lowest BCUT2D eigenvalue weighted by Crippen LogP contribution is -2.23. The number of aliphatic hydroxyl groups is 1. The molecule has 7 nitrogen and oxygen atoms in total. The second-order valence-electron chi connectivity index (χ2n) is 2.47. The molecular formula is C6H12N2O5S. The molecule has 0 unspecified atom stereocenters. The van der Waals surface area contributed by atoms with E-state index in [2.05, 4.69) is 0 Å². The SMILES string of the molecule is C[n+]1ccn(CCO)c1.O=S(=O)([O-])O. The maximum atomic E-state index is 8.63. The highest BCUT2D eigenvalue weighted by Crippen LogP contribution is 1.80. The van der Waals surface area contributed by atoms with Crippen LogP contribution in [-0.4, -0.2) is 33.8 Å². The fourth-order valence-electron chi connectivity index (χ4n) is 0.749. The van der Waals surface area contributed by atoms with Gasteiger partial charge in [0.2, 0.25) is 16.7 Å². The fraction of sp³-hybridized carbons (Fsp3) is 0.500. The lowest BCUT2D eigenvalue weighted by atomic mass is 10.7. The van der Waals surface area contributed by atoms with Crippen LogP contribution in [0, 0.1) is 0 Å². The minimum absolute atomic E-state index is 0.203. The lowest BCUT2D eigenvalue weighted by molar-refractivity contribution is -0.671. The van der Waals surface area contributed by atoms with Gasteiger partial charge in [-0.3, -0.25) is 4.55 Å². The van der Waals surface area contributed by atoms with E-state index < -0.39 is 10.4 Å². The molecule has 0 radical (unpaired) electrons. The maximum Gasteiger partial charge on any atom is 0.243 e. The number of aliphatic hydroxyl groups excluding tert-OH is 1. The monoisotopic (exact) mass is 224 g/mol. The molecule has 0 aliphatic heterocycles. The van der Waals surface area contributed by atoms with E-state index in [1.165, 1.54) is 0 Å². The van der Waals surface area contributed by atoms with Crippen LogP contribution < -0.4 is 4.57 Å². The number of aromatic nitrogens is 2. The van der Waals surface area contributed by atoms with Crippen LogP contribution in [0.25, 0.3) is 0 Å². The van der Waals surface area contributed by atoms with Crippen molar-refractivity contribution in [1.82, 2.24) is 4.57 Å². The Kier molecular flexibility index (Phi) is 5.31. The normalized spacial score (nSPS) is 10.6. The van der Waals surface area contributed by atoms with Gasteiger partial charge in [-0.1, -0.05) is 0 Å². The molecule has 8 heteroatoms. The van der Waals surface area contributed by atoms with E-state index in [1.807, 2.05) is 34.9 Å². The van der Waals surface area contributed by atoms with Crippen molar-refractivity contribution in [2.45, 2.75) is 6.54 Å². The molecule has 0 spiro atoms. The predicted molar refractivity (Wildman–Crippen MR) is 45.0 cm³/mol. The molecule has 0 amide bonds. The number of hydrogen-bond donors (Lipinski definition) is 2. The van der Waals surface area contributed by atoms with Crippen molar-refractivity contribution in [3.05, 3.63) is 18.7 Å². The summed E-state index contributed by atoms with van der Waals surface area (Å²) in [5, 5.41) is 8.50. The summed E-state index contributed by atoms with van der Waals surface area (Å²) in [4.78, 5) is 0. The molecule has 0 saturated carbocycles. The average Bonchev–Trinajstić information content (AvgIpc) is 2.32. The Labute approximate surface area is 81.8 Å². The summed E-state index contributed by atoms with van der Waals surface area (Å²) in [7, 11) is -2.96. The van der Waals surface area contributed by atoms with Crippen LogP contribution >= 0.6 is 0 Å². The van der Waals surface area contributed by atoms with Crippen LogP contribution in [0.5, 0.6) is 0 Å². The van der Waals surface area contributed by atoms with Crippen molar-refractivity contribution in [1.29, 1.82) is 0 Å². The van der Waals surface area contributed by atoms with Crippen molar-refractivity contribution in [2.75, 3.05) is 6.61 Å². The van der Waals surface area contributed by atoms with E-state index in [-0.39, 0.29) is 6.61 Å². The minimum atomic E-state index is -4.92. The molecule has 0 fully saturated rings. The van der Waals surface area contributed by atoms with E-state index in [0.29, 0.717) is 6.54 Å². The van der Waals surface area contributed by atoms with Gasteiger partial charge < -0.3 is 9.66 Å². The van der Waals surface area contributed by atoms with Crippen molar-refractivity contribution in [3.8, 4) is 0 Å². The van der Waals surface area contributed by atoms with Crippen LogP contribution in [-0.2, 0) is 24.0 Å². The van der Waals surface area contributed by atoms with Gasteiger partial charge in [0, 0.05) is 0 Å². The predicted octanol–water partition coefficient (Wildman–Crippen LogP) is -1.69. The molecule has 0 bridgehead atoms. The largest absolute Gasteiger partial charge is 0.726 e. The van der Waals surface area contributed by atoms with E-state index in [4.69, 9.17) is 22.6 Å². The van der Waals surface area contributed by atoms with Crippen molar-refractivity contribution in [2.24, 2.45) is 7.05 Å². The fourth-order valence-corrected chi connectivity index (χ4v) is 0.749. The molecule has 1 aromatic heterocycles. The van der Waals surface area contributed by atoms with Gasteiger partial charge in [0.25, 0.3) is 0 Å². The number of hydrogen-bond acceptors (Lipinski definition) is 4. The van der Waals surface area contributed by atoms with E-state index >= 15 is 0 Å². The molecule has 0 aliphatic carbocycles. The molecule has 14 heavy (non-hydrogen) atoms. The highest BCUT2D eigenvalue weighted by molar-refractivity contribution is 7.79. The standard InChI is InChI=1S/C6H11N2O.H2O4S/c1-7-2-3-8(6-7)4-5-9;1-5(2,3)4/h2-3,6,9H,4-5H2,1H3;(H2,1,2,3,4)/q+1;/p-1. The Balaban J connectivity index is 0.000000292. The third kappa shape index (κ3) is 9.13. The number of rotatable bonds is 2. The average molecular weight is 224 g/mol. The summed E-state index contributed by atoms with van der Waals surface area (Å²) >= 11 is 0. The van der Waals surface area contributed by atoms with Gasteiger partial charge in [0.1, 0.15) is 18.9 Å². The first-order chi connectivity index (χ1) is 6.33. The summed E-state index contributed by atoms with van der Waals surface area (Å²) in [6.07, 6.45) is 5.79. The number of imidazole rings is 1. The van der Waals surface area contributed by atoms with Gasteiger partial charge in [-0.15, -0.1) is 0 Å². The molecule has 1 heterocycles. The van der Waals surface area contributed by atoms with Gasteiger partial charge >= 0.3 is 0 Å². The third-order valence-corrected chi connectivity index (χ3v) is 1.18. The summed E-state index contributed by atoms with van der Waals surface area (Å²) < 4.78 is 36.7. The van der Waals surface area contributed by atoms with Crippen LogP contribution in [0.4, 0.5) is 0 Å². The molecule has 2 N–H and O–H groups in total. The summed E-state index contributed by atoms with van der Waals surface area (Å²) in [6.45, 7) is 0.884. The van der Waals surface area contributed by atoms with Crippen LogP contribution in [0.1, 0.15) is 0 Å². The molecule has 1 rings (SSSR count). The van der Waals surface area contributed by atoms with Crippen LogP contribution in [0.2, 0.25) is 0 Å². The molecule has 1 aromatic rings. The molecule has 0 aliphatic rings. The van der Waals surface area contributed by atoms with Crippen molar-refractivity contribution >= 4 is 10.4 Å². The zero-order chi connectivity index (χ0) is 11.2. The molecule has 0 saturated heterocycles. The first kappa shape index (κ1) is 13.0. The number of nitrogens with zero attached hydrogens (tertiary/aromatic N) is 2. The van der Waals surface area contributed by atoms with E-state index in [9.17, 15) is 0 Å². The Morgan fingerprint density at radius 3 is 2.36 bits per heavy atom. The first-order valence-electron chi connectivity index (χ1n) is 3.63. The highest BCUT2D eigenvalue weighted by Gasteiger charge is 1.95. The van der Waals surface area contributed by atoms with E-state index in [1.54, 1.807) is 0 Å². The Morgan fingerprint density at radius 1 is 1.57 bits per heavy atom. The third-order valence-electron chi connectivity index (χ3n) is 1.18. The second-order valence-corrected chi connectivity index (χ2v) is 3.32. The zero-order valence-electron chi connectivity index (χ0n) is 7.57. The van der Waals surface area contributed by atoms with Crippen molar-refractivity contribution in [3.63, 3.8) is 0 Å². The van der Waals surface area contributed by atoms with Crippen LogP contribution in [0.3, 0.4) is 0 Å². The first-order valence-corrected chi connectivity index (χ1v) is 4.99. The van der Waals surface area contributed by atoms with Crippen LogP contribution in [0.15, 0.2) is 18.7 Å². The zero-order valence-corrected chi connectivity index (χ0v) is 8.38. The minimum Gasteiger partial charge on any atom is -0.726 e. The summed E-state index contributed by atoms with van der Waals surface area (Å²) in [5.41, 5.74) is 0. The smallest absolute Gasteiger partial charge is 0.243 e. The van der Waals surface area contributed by atoms with Gasteiger partial charge in [0.05, 0.1) is 13.7 Å².